The average molecular weight is 305 g/mol. The van der Waals surface area contributed by atoms with Gasteiger partial charge in [0.05, 0.1) is 25.4 Å². The zero-order valence-electron chi connectivity index (χ0n) is 13.7. The van der Waals surface area contributed by atoms with Crippen LogP contribution in [0.3, 0.4) is 0 Å². The summed E-state index contributed by atoms with van der Waals surface area (Å²) in [6.07, 6.45) is 1.10. The van der Waals surface area contributed by atoms with E-state index in [9.17, 15) is 0 Å². The highest BCUT2D eigenvalue weighted by molar-refractivity contribution is 6.60. The van der Waals surface area contributed by atoms with Gasteiger partial charge in [-0.05, 0) is 39.9 Å². The SMILES string of the molecule is CCN(CC)CCC[Si]1(OC)OC(C)COCC(C)O1. The maximum Gasteiger partial charge on any atom is 0.501 e. The van der Waals surface area contributed by atoms with Crippen LogP contribution in [-0.4, -0.2) is 65.9 Å². The number of rotatable bonds is 7. The van der Waals surface area contributed by atoms with Crippen molar-refractivity contribution >= 4 is 8.80 Å². The quantitative estimate of drug-likeness (QED) is 0.674. The van der Waals surface area contributed by atoms with Gasteiger partial charge < -0.3 is 22.9 Å². The summed E-state index contributed by atoms with van der Waals surface area (Å²) in [6.45, 7) is 12.9. The lowest BCUT2D eigenvalue weighted by molar-refractivity contribution is -0.0677. The molecule has 0 saturated carbocycles. The predicted molar refractivity (Wildman–Crippen MR) is 81.9 cm³/mol. The third-order valence-electron chi connectivity index (χ3n) is 3.63. The van der Waals surface area contributed by atoms with Gasteiger partial charge in [-0.2, -0.15) is 0 Å². The molecule has 1 heterocycles. The van der Waals surface area contributed by atoms with Gasteiger partial charge in [0.1, 0.15) is 0 Å². The molecule has 0 aromatic heterocycles. The third kappa shape index (κ3) is 5.79. The summed E-state index contributed by atoms with van der Waals surface area (Å²) in [5.41, 5.74) is 0. The highest BCUT2D eigenvalue weighted by atomic mass is 28.4. The predicted octanol–water partition coefficient (Wildman–Crippen LogP) is 2.14. The smallest absolute Gasteiger partial charge is 0.377 e. The van der Waals surface area contributed by atoms with Gasteiger partial charge in [-0.15, -0.1) is 0 Å². The second-order valence-corrected chi connectivity index (χ2v) is 8.16. The molecule has 6 heteroatoms. The van der Waals surface area contributed by atoms with Crippen LogP contribution in [0.4, 0.5) is 0 Å². The van der Waals surface area contributed by atoms with E-state index in [1.54, 1.807) is 7.11 Å². The van der Waals surface area contributed by atoms with Crippen molar-refractivity contribution in [3.8, 4) is 0 Å². The molecule has 20 heavy (non-hydrogen) atoms. The molecule has 0 N–H and O–H groups in total. The Morgan fingerprint density at radius 2 is 1.65 bits per heavy atom. The van der Waals surface area contributed by atoms with Gasteiger partial charge in [0, 0.05) is 13.2 Å². The third-order valence-corrected chi connectivity index (χ3v) is 6.74. The normalized spacial score (nSPS) is 32.1. The molecular formula is C14H31NO4Si. The van der Waals surface area contributed by atoms with Gasteiger partial charge in [-0.25, -0.2) is 0 Å². The molecule has 0 aliphatic carbocycles. The Kier molecular flexibility index (Phi) is 8.24. The van der Waals surface area contributed by atoms with Crippen molar-refractivity contribution in [2.75, 3.05) is 40.0 Å². The summed E-state index contributed by atoms with van der Waals surface area (Å²) in [4.78, 5) is 2.41. The Balaban J connectivity index is 2.57. The van der Waals surface area contributed by atoms with Gasteiger partial charge in [-0.1, -0.05) is 13.8 Å². The largest absolute Gasteiger partial charge is 0.501 e. The van der Waals surface area contributed by atoms with E-state index in [-0.39, 0.29) is 12.2 Å². The van der Waals surface area contributed by atoms with E-state index in [0.29, 0.717) is 13.2 Å². The molecule has 0 bridgehead atoms. The minimum atomic E-state index is -2.56. The summed E-state index contributed by atoms with van der Waals surface area (Å²) in [5.74, 6) is 0. The van der Waals surface area contributed by atoms with Gasteiger partial charge >= 0.3 is 8.80 Å². The van der Waals surface area contributed by atoms with E-state index in [4.69, 9.17) is 18.0 Å². The van der Waals surface area contributed by atoms with Crippen LogP contribution in [0.15, 0.2) is 0 Å². The maximum absolute atomic E-state index is 6.10. The van der Waals surface area contributed by atoms with Crippen molar-refractivity contribution in [2.45, 2.75) is 52.4 Å². The Bertz CT molecular complexity index is 252. The van der Waals surface area contributed by atoms with E-state index >= 15 is 0 Å². The van der Waals surface area contributed by atoms with Crippen LogP contribution in [0.5, 0.6) is 0 Å². The minimum Gasteiger partial charge on any atom is -0.377 e. The first-order chi connectivity index (χ1) is 9.55. The summed E-state index contributed by atoms with van der Waals surface area (Å²) >= 11 is 0. The summed E-state index contributed by atoms with van der Waals surface area (Å²) in [7, 11) is -0.851. The molecular weight excluding hydrogens is 274 g/mol. The molecule has 0 aromatic carbocycles. The number of hydrogen-bond donors (Lipinski definition) is 0. The number of nitrogens with zero attached hydrogens (tertiary/aromatic N) is 1. The minimum absolute atomic E-state index is 0.0302. The first-order valence-corrected chi connectivity index (χ1v) is 9.69. The molecule has 1 fully saturated rings. The van der Waals surface area contributed by atoms with E-state index in [0.717, 1.165) is 32.1 Å². The lowest BCUT2D eigenvalue weighted by Gasteiger charge is -2.36. The van der Waals surface area contributed by atoms with Crippen molar-refractivity contribution < 1.29 is 18.0 Å². The molecule has 2 unspecified atom stereocenters. The first kappa shape index (κ1) is 18.1. The molecule has 1 rings (SSSR count). The molecule has 0 amide bonds. The van der Waals surface area contributed by atoms with Gasteiger partial charge in [0.25, 0.3) is 0 Å². The molecule has 5 nitrogen and oxygen atoms in total. The van der Waals surface area contributed by atoms with E-state index in [2.05, 4.69) is 18.7 Å². The van der Waals surface area contributed by atoms with Crippen LogP contribution in [0.2, 0.25) is 6.04 Å². The molecule has 1 aliphatic heterocycles. The van der Waals surface area contributed by atoms with E-state index < -0.39 is 8.80 Å². The molecule has 0 aromatic rings. The first-order valence-electron chi connectivity index (χ1n) is 7.76. The van der Waals surface area contributed by atoms with Crippen LogP contribution in [0.25, 0.3) is 0 Å². The Labute approximate surface area is 124 Å². The lowest BCUT2D eigenvalue weighted by atomic mass is 10.4. The fourth-order valence-electron chi connectivity index (χ4n) is 2.48. The van der Waals surface area contributed by atoms with Gasteiger partial charge in [0.2, 0.25) is 0 Å². The van der Waals surface area contributed by atoms with Crippen LogP contribution >= 0.6 is 0 Å². The van der Waals surface area contributed by atoms with Crippen LogP contribution in [0.1, 0.15) is 34.1 Å². The summed E-state index contributed by atoms with van der Waals surface area (Å²) in [5, 5.41) is 0. The van der Waals surface area contributed by atoms with Gasteiger partial charge in [-0.3, -0.25) is 0 Å². The summed E-state index contributed by atoms with van der Waals surface area (Å²) in [6, 6.07) is 0.870. The van der Waals surface area contributed by atoms with Crippen molar-refractivity contribution in [2.24, 2.45) is 0 Å². The second kappa shape index (κ2) is 9.12. The van der Waals surface area contributed by atoms with Crippen LogP contribution < -0.4 is 0 Å². The topological polar surface area (TPSA) is 40.2 Å². The molecule has 120 valence electrons. The number of hydrogen-bond acceptors (Lipinski definition) is 5. The van der Waals surface area contributed by atoms with Crippen molar-refractivity contribution in [3.05, 3.63) is 0 Å². The Hall–Kier alpha value is 0.0169. The van der Waals surface area contributed by atoms with E-state index in [1.165, 1.54) is 0 Å². The average Bonchev–Trinajstić information content (AvgIpc) is 2.41. The van der Waals surface area contributed by atoms with Crippen LogP contribution in [0, 0.1) is 0 Å². The second-order valence-electron chi connectivity index (χ2n) is 5.41. The fraction of sp³-hybridized carbons (Fsp3) is 1.00. The number of ether oxygens (including phenoxy) is 1. The van der Waals surface area contributed by atoms with E-state index in [1.807, 2.05) is 13.8 Å². The van der Waals surface area contributed by atoms with Crippen molar-refractivity contribution in [1.29, 1.82) is 0 Å². The lowest BCUT2D eigenvalue weighted by Crippen LogP contribution is -2.52. The zero-order valence-corrected chi connectivity index (χ0v) is 14.7. The van der Waals surface area contributed by atoms with Gasteiger partial charge in [0.15, 0.2) is 0 Å². The molecule has 0 radical (unpaired) electrons. The molecule has 1 saturated heterocycles. The molecule has 2 atom stereocenters. The maximum atomic E-state index is 6.10. The summed E-state index contributed by atoms with van der Waals surface area (Å²) < 4.78 is 23.4. The van der Waals surface area contributed by atoms with Crippen molar-refractivity contribution in [3.63, 3.8) is 0 Å². The van der Waals surface area contributed by atoms with Crippen molar-refractivity contribution in [1.82, 2.24) is 4.90 Å². The highest BCUT2D eigenvalue weighted by Gasteiger charge is 2.43. The zero-order chi connectivity index (χ0) is 15.0. The standard InChI is InChI=1S/C14H31NO4Si/c1-6-15(7-2)9-8-10-20(16-5)18-13(3)11-17-12-14(4)19-20/h13-14H,6-12H2,1-5H3. The monoisotopic (exact) mass is 305 g/mol. The Morgan fingerprint density at radius 1 is 1.10 bits per heavy atom. The fourth-order valence-corrected chi connectivity index (χ4v) is 5.13. The Morgan fingerprint density at radius 3 is 2.10 bits per heavy atom. The molecule has 0 spiro atoms. The van der Waals surface area contributed by atoms with Crippen LogP contribution in [-0.2, 0) is 18.0 Å². The highest BCUT2D eigenvalue weighted by Crippen LogP contribution is 2.23. The molecule has 1 aliphatic rings.